The number of aliphatic carboxylic acids is 1. The monoisotopic (exact) mass is 224 g/mol. The Bertz CT molecular complexity index is 362. The first-order chi connectivity index (χ1) is 7.54. The summed E-state index contributed by atoms with van der Waals surface area (Å²) in [5.41, 5.74) is 1.46. The third-order valence-corrected chi connectivity index (χ3v) is 2.47. The summed E-state index contributed by atoms with van der Waals surface area (Å²) in [6.45, 7) is 1.30. The molecule has 1 aromatic rings. The van der Waals surface area contributed by atoms with E-state index in [1.807, 2.05) is 6.07 Å². The van der Waals surface area contributed by atoms with E-state index in [0.29, 0.717) is 12.0 Å². The molecule has 0 aliphatic rings. The number of rotatable bonds is 5. The first-order valence-corrected chi connectivity index (χ1v) is 5.15. The van der Waals surface area contributed by atoms with Crippen LogP contribution in [0.5, 0.6) is 0 Å². The first kappa shape index (κ1) is 12.7. The Hall–Kier alpha value is -1.39. The summed E-state index contributed by atoms with van der Waals surface area (Å²) in [7, 11) is 0. The summed E-state index contributed by atoms with van der Waals surface area (Å²) >= 11 is 0. The van der Waals surface area contributed by atoms with Crippen molar-refractivity contribution >= 4 is 5.97 Å². The lowest BCUT2D eigenvalue weighted by molar-refractivity contribution is -0.141. The molecule has 0 aromatic heterocycles. The molecule has 2 unspecified atom stereocenters. The van der Waals surface area contributed by atoms with Crippen LogP contribution in [0.4, 0.5) is 0 Å². The van der Waals surface area contributed by atoms with E-state index in [4.69, 9.17) is 10.2 Å². The third kappa shape index (κ3) is 3.32. The van der Waals surface area contributed by atoms with Crippen molar-refractivity contribution in [1.29, 1.82) is 0 Å². The van der Waals surface area contributed by atoms with Crippen molar-refractivity contribution in [3.05, 3.63) is 35.4 Å². The first-order valence-electron chi connectivity index (χ1n) is 5.15. The van der Waals surface area contributed by atoms with Crippen molar-refractivity contribution < 1.29 is 20.1 Å². The van der Waals surface area contributed by atoms with Gasteiger partial charge in [0.15, 0.2) is 0 Å². The molecular formula is C12H16O4. The Labute approximate surface area is 94.2 Å². The predicted octanol–water partition coefficient (Wildman–Crippen LogP) is 0.975. The van der Waals surface area contributed by atoms with Crippen LogP contribution < -0.4 is 0 Å². The minimum atomic E-state index is -0.903. The van der Waals surface area contributed by atoms with E-state index in [2.05, 4.69) is 0 Å². The SMILES string of the molecule is CC(Cc1cccc(C(O)CO)c1)C(=O)O. The largest absolute Gasteiger partial charge is 0.481 e. The van der Waals surface area contributed by atoms with Crippen molar-refractivity contribution in [2.75, 3.05) is 6.61 Å². The van der Waals surface area contributed by atoms with E-state index in [1.165, 1.54) is 0 Å². The quantitative estimate of drug-likeness (QED) is 0.696. The molecule has 0 bridgehead atoms. The normalized spacial score (nSPS) is 14.4. The number of aliphatic hydroxyl groups excluding tert-OH is 2. The lowest BCUT2D eigenvalue weighted by atomic mass is 9.98. The molecule has 0 radical (unpaired) electrons. The molecule has 16 heavy (non-hydrogen) atoms. The standard InChI is InChI=1S/C12H16O4/c1-8(12(15)16)5-9-3-2-4-10(6-9)11(14)7-13/h2-4,6,8,11,13-14H,5,7H2,1H3,(H,15,16). The number of carboxylic acids is 1. The van der Waals surface area contributed by atoms with Gasteiger partial charge >= 0.3 is 5.97 Å². The maximum atomic E-state index is 10.7. The van der Waals surface area contributed by atoms with Crippen LogP contribution in [-0.2, 0) is 11.2 Å². The zero-order valence-corrected chi connectivity index (χ0v) is 9.13. The Balaban J connectivity index is 2.78. The number of carbonyl (C=O) groups is 1. The number of hydrogen-bond acceptors (Lipinski definition) is 3. The zero-order valence-electron chi connectivity index (χ0n) is 9.13. The van der Waals surface area contributed by atoms with Gasteiger partial charge < -0.3 is 15.3 Å². The molecule has 0 aliphatic carbocycles. The van der Waals surface area contributed by atoms with Crippen LogP contribution >= 0.6 is 0 Å². The van der Waals surface area contributed by atoms with Gasteiger partial charge in [0.25, 0.3) is 0 Å². The summed E-state index contributed by atoms with van der Waals surface area (Å²) in [4.78, 5) is 10.7. The maximum absolute atomic E-state index is 10.7. The molecule has 0 fully saturated rings. The molecule has 2 atom stereocenters. The fraction of sp³-hybridized carbons (Fsp3) is 0.417. The van der Waals surface area contributed by atoms with E-state index < -0.39 is 18.0 Å². The van der Waals surface area contributed by atoms with Gasteiger partial charge in [-0.1, -0.05) is 31.2 Å². The van der Waals surface area contributed by atoms with Crippen LogP contribution in [0.3, 0.4) is 0 Å². The van der Waals surface area contributed by atoms with Gasteiger partial charge in [0.05, 0.1) is 12.5 Å². The van der Waals surface area contributed by atoms with Crippen molar-refractivity contribution in [3.63, 3.8) is 0 Å². The molecule has 0 saturated carbocycles. The van der Waals surface area contributed by atoms with Gasteiger partial charge in [-0.15, -0.1) is 0 Å². The van der Waals surface area contributed by atoms with Crippen LogP contribution in [0.2, 0.25) is 0 Å². The molecule has 3 N–H and O–H groups in total. The molecule has 4 nitrogen and oxygen atoms in total. The Kier molecular flexibility index (Phi) is 4.46. The lowest BCUT2D eigenvalue weighted by Crippen LogP contribution is -2.12. The predicted molar refractivity (Wildman–Crippen MR) is 59.0 cm³/mol. The van der Waals surface area contributed by atoms with Crippen LogP contribution in [0, 0.1) is 5.92 Å². The Morgan fingerprint density at radius 2 is 2.12 bits per heavy atom. The van der Waals surface area contributed by atoms with Gasteiger partial charge in [-0.05, 0) is 17.5 Å². The van der Waals surface area contributed by atoms with Gasteiger partial charge in [0.1, 0.15) is 6.10 Å². The zero-order chi connectivity index (χ0) is 12.1. The Morgan fingerprint density at radius 1 is 1.44 bits per heavy atom. The molecule has 1 rings (SSSR count). The summed E-state index contributed by atoms with van der Waals surface area (Å²) in [6.07, 6.45) is -0.485. The van der Waals surface area contributed by atoms with Gasteiger partial charge in [-0.2, -0.15) is 0 Å². The molecule has 1 aromatic carbocycles. The van der Waals surface area contributed by atoms with E-state index >= 15 is 0 Å². The van der Waals surface area contributed by atoms with E-state index in [-0.39, 0.29) is 6.61 Å². The van der Waals surface area contributed by atoms with Crippen LogP contribution in [0.25, 0.3) is 0 Å². The maximum Gasteiger partial charge on any atom is 0.306 e. The lowest BCUT2D eigenvalue weighted by Gasteiger charge is -2.11. The van der Waals surface area contributed by atoms with Crippen LogP contribution in [0.15, 0.2) is 24.3 Å². The highest BCUT2D eigenvalue weighted by Crippen LogP contribution is 2.16. The number of benzene rings is 1. The van der Waals surface area contributed by atoms with Crippen molar-refractivity contribution in [2.45, 2.75) is 19.4 Å². The highest BCUT2D eigenvalue weighted by atomic mass is 16.4. The number of hydrogen-bond donors (Lipinski definition) is 3. The van der Waals surface area contributed by atoms with Gasteiger partial charge in [-0.3, -0.25) is 4.79 Å². The van der Waals surface area contributed by atoms with Gasteiger partial charge in [0, 0.05) is 0 Å². The summed E-state index contributed by atoms with van der Waals surface area (Å²) in [5.74, 6) is -1.30. The highest BCUT2D eigenvalue weighted by molar-refractivity contribution is 5.69. The highest BCUT2D eigenvalue weighted by Gasteiger charge is 2.12. The molecule has 0 spiro atoms. The van der Waals surface area contributed by atoms with Gasteiger partial charge in [-0.25, -0.2) is 0 Å². The molecule has 4 heteroatoms. The fourth-order valence-corrected chi connectivity index (χ4v) is 1.47. The van der Waals surface area contributed by atoms with E-state index in [9.17, 15) is 9.90 Å². The van der Waals surface area contributed by atoms with Crippen LogP contribution in [-0.4, -0.2) is 27.9 Å². The second kappa shape index (κ2) is 5.63. The molecule has 0 amide bonds. The molecule has 0 aliphatic heterocycles. The average molecular weight is 224 g/mol. The topological polar surface area (TPSA) is 77.8 Å². The fourth-order valence-electron chi connectivity index (χ4n) is 1.47. The summed E-state index contributed by atoms with van der Waals surface area (Å²) < 4.78 is 0. The minimum Gasteiger partial charge on any atom is -0.481 e. The Morgan fingerprint density at radius 3 is 2.69 bits per heavy atom. The average Bonchev–Trinajstić information content (AvgIpc) is 2.28. The smallest absolute Gasteiger partial charge is 0.306 e. The van der Waals surface area contributed by atoms with Crippen molar-refractivity contribution in [1.82, 2.24) is 0 Å². The molecule has 0 heterocycles. The summed E-state index contributed by atoms with van der Waals surface area (Å²) in [5, 5.41) is 27.0. The minimum absolute atomic E-state index is 0.335. The molecule has 0 saturated heterocycles. The second-order valence-corrected chi connectivity index (χ2v) is 3.89. The second-order valence-electron chi connectivity index (χ2n) is 3.89. The van der Waals surface area contributed by atoms with E-state index in [1.54, 1.807) is 25.1 Å². The summed E-state index contributed by atoms with van der Waals surface area (Å²) in [6, 6.07) is 6.99. The molecule has 88 valence electrons. The van der Waals surface area contributed by atoms with Crippen molar-refractivity contribution in [3.8, 4) is 0 Å². The van der Waals surface area contributed by atoms with Crippen molar-refractivity contribution in [2.24, 2.45) is 5.92 Å². The van der Waals surface area contributed by atoms with Crippen LogP contribution in [0.1, 0.15) is 24.2 Å². The van der Waals surface area contributed by atoms with E-state index in [0.717, 1.165) is 5.56 Å². The third-order valence-electron chi connectivity index (χ3n) is 2.47. The number of carboxylic acid groups (broad SMARTS) is 1. The molecular weight excluding hydrogens is 208 g/mol. The number of aliphatic hydroxyl groups is 2. The van der Waals surface area contributed by atoms with Gasteiger partial charge in [0.2, 0.25) is 0 Å².